The van der Waals surface area contributed by atoms with Gasteiger partial charge in [-0.15, -0.1) is 0 Å². The fourth-order valence-corrected chi connectivity index (χ4v) is 9.69. The van der Waals surface area contributed by atoms with E-state index in [0.717, 1.165) is 57.8 Å². The van der Waals surface area contributed by atoms with Crippen molar-refractivity contribution in [2.24, 2.45) is 10.8 Å². The smallest absolute Gasteiger partial charge is 0.410 e. The summed E-state index contributed by atoms with van der Waals surface area (Å²) in [5, 5.41) is 6.43. The second-order valence-corrected chi connectivity index (χ2v) is 19.0. The van der Waals surface area contributed by atoms with Crippen LogP contribution in [-0.2, 0) is 25.7 Å². The summed E-state index contributed by atoms with van der Waals surface area (Å²) < 4.78 is 12.3. The molecule has 6 heteroatoms. The van der Waals surface area contributed by atoms with Gasteiger partial charge in [-0.25, -0.2) is 9.59 Å². The Morgan fingerprint density at radius 2 is 0.966 bits per heavy atom. The van der Waals surface area contributed by atoms with E-state index in [4.69, 9.17) is 9.47 Å². The van der Waals surface area contributed by atoms with Crippen molar-refractivity contribution in [2.75, 3.05) is 6.54 Å². The molecule has 3 rings (SSSR count). The van der Waals surface area contributed by atoms with Crippen LogP contribution in [0.1, 0.15) is 218 Å². The highest BCUT2D eigenvalue weighted by atomic mass is 16.6. The van der Waals surface area contributed by atoms with E-state index in [9.17, 15) is 9.59 Å². The first-order chi connectivity index (χ1) is 28.0. The molecular weight excluding hydrogens is 717 g/mol. The van der Waals surface area contributed by atoms with Gasteiger partial charge in [-0.05, 0) is 116 Å². The Morgan fingerprint density at radius 1 is 0.552 bits per heavy atom. The van der Waals surface area contributed by atoms with Gasteiger partial charge >= 0.3 is 12.2 Å². The largest absolute Gasteiger partial charge is 0.412 e. The molecule has 6 nitrogen and oxygen atoms in total. The zero-order valence-electron chi connectivity index (χ0n) is 38.5. The number of benzene rings is 2. The number of hydrogen-bond donors (Lipinski definition) is 2. The quantitative estimate of drug-likeness (QED) is 0.0803. The molecule has 1 saturated carbocycles. The van der Waals surface area contributed by atoms with Crippen LogP contribution < -0.4 is 20.1 Å². The van der Waals surface area contributed by atoms with Crippen molar-refractivity contribution in [1.82, 2.24) is 10.6 Å². The lowest BCUT2D eigenvalue weighted by Gasteiger charge is -2.46. The molecule has 328 valence electrons. The summed E-state index contributed by atoms with van der Waals surface area (Å²) in [5.41, 5.74) is 4.83. The molecule has 0 saturated heterocycles. The van der Waals surface area contributed by atoms with Crippen LogP contribution in [0, 0.1) is 10.8 Å². The van der Waals surface area contributed by atoms with Gasteiger partial charge in [-0.3, -0.25) is 0 Å². The van der Waals surface area contributed by atoms with Crippen LogP contribution in [0.15, 0.2) is 36.4 Å². The molecule has 2 aromatic rings. The zero-order chi connectivity index (χ0) is 42.1. The maximum Gasteiger partial charge on any atom is 0.412 e. The summed E-state index contributed by atoms with van der Waals surface area (Å²) in [6.45, 7) is 16.3. The summed E-state index contributed by atoms with van der Waals surface area (Å²) in [5.74, 6) is 1.42. The summed E-state index contributed by atoms with van der Waals surface area (Å²) in [4.78, 5) is 27.2. The number of carbonyl (C=O) groups excluding carboxylic acids is 2. The minimum atomic E-state index is -0.395. The summed E-state index contributed by atoms with van der Waals surface area (Å²) >= 11 is 0. The van der Waals surface area contributed by atoms with Crippen molar-refractivity contribution in [3.63, 3.8) is 0 Å². The number of ether oxygens (including phenoxy) is 2. The number of hydrogen-bond acceptors (Lipinski definition) is 4. The first-order valence-corrected chi connectivity index (χ1v) is 24.2. The van der Waals surface area contributed by atoms with Crippen molar-refractivity contribution in [3.8, 4) is 11.5 Å². The number of nitrogens with one attached hydrogen (secondary N) is 2. The molecule has 2 atom stereocenters. The fourth-order valence-electron chi connectivity index (χ4n) is 9.69. The SMILES string of the molecule is CCCCCCCc1cccc(OC(=O)NCC2(C)CC(NC(=O)Oc3cccc(CCCCCCC)c3CCCCCCC)CC(C)(C)C2)c1CCCCCCC. The molecule has 0 aliphatic heterocycles. The van der Waals surface area contributed by atoms with Crippen LogP contribution in [0.25, 0.3) is 0 Å². The lowest BCUT2D eigenvalue weighted by molar-refractivity contribution is 0.0701. The fraction of sp³-hybridized carbons (Fsp3) is 0.731. The maximum atomic E-state index is 13.7. The number of unbranched alkanes of at least 4 members (excludes halogenated alkanes) is 16. The number of rotatable bonds is 29. The van der Waals surface area contributed by atoms with Crippen molar-refractivity contribution < 1.29 is 19.1 Å². The van der Waals surface area contributed by atoms with Crippen molar-refractivity contribution >= 4 is 12.2 Å². The molecular formula is C52H86N2O4. The average molecular weight is 803 g/mol. The second kappa shape index (κ2) is 27.7. The Balaban J connectivity index is 1.65. The Labute approximate surface area is 356 Å². The van der Waals surface area contributed by atoms with Crippen LogP contribution >= 0.6 is 0 Å². The van der Waals surface area contributed by atoms with E-state index in [0.29, 0.717) is 18.0 Å². The van der Waals surface area contributed by atoms with E-state index < -0.39 is 6.09 Å². The number of carbonyl (C=O) groups is 2. The van der Waals surface area contributed by atoms with Gasteiger partial charge in [-0.2, -0.15) is 0 Å². The van der Waals surface area contributed by atoms with E-state index >= 15 is 0 Å². The van der Waals surface area contributed by atoms with Gasteiger partial charge in [0.2, 0.25) is 0 Å². The minimum absolute atomic E-state index is 0.0196. The summed E-state index contributed by atoms with van der Waals surface area (Å²) in [6.07, 6.45) is 30.3. The Hall–Kier alpha value is -3.02. The molecule has 1 aliphatic carbocycles. The van der Waals surface area contributed by atoms with Gasteiger partial charge in [0.15, 0.2) is 0 Å². The topological polar surface area (TPSA) is 76.7 Å². The highest BCUT2D eigenvalue weighted by molar-refractivity contribution is 5.72. The van der Waals surface area contributed by atoms with Crippen LogP contribution in [0.5, 0.6) is 11.5 Å². The van der Waals surface area contributed by atoms with Gasteiger partial charge in [0.1, 0.15) is 11.5 Å². The van der Waals surface area contributed by atoms with Gasteiger partial charge in [0.25, 0.3) is 0 Å². The lowest BCUT2D eigenvalue weighted by atomic mass is 9.62. The monoisotopic (exact) mass is 803 g/mol. The summed E-state index contributed by atoms with van der Waals surface area (Å²) in [7, 11) is 0. The van der Waals surface area contributed by atoms with E-state index in [2.05, 4.69) is 77.3 Å². The van der Waals surface area contributed by atoms with E-state index in [1.165, 1.54) is 138 Å². The van der Waals surface area contributed by atoms with Crippen molar-refractivity contribution in [1.29, 1.82) is 0 Å². The maximum absolute atomic E-state index is 13.7. The van der Waals surface area contributed by atoms with Gasteiger partial charge in [0.05, 0.1) is 0 Å². The molecule has 2 aromatic carbocycles. The van der Waals surface area contributed by atoms with E-state index in [1.807, 2.05) is 18.2 Å². The molecule has 0 spiro atoms. The van der Waals surface area contributed by atoms with Crippen LogP contribution in [0.2, 0.25) is 0 Å². The first-order valence-electron chi connectivity index (χ1n) is 24.2. The normalized spacial score (nSPS) is 17.5. The summed E-state index contributed by atoms with van der Waals surface area (Å²) in [6, 6.07) is 12.5. The highest BCUT2D eigenvalue weighted by Gasteiger charge is 2.42. The first kappa shape index (κ1) is 49.3. The predicted molar refractivity (Wildman–Crippen MR) is 245 cm³/mol. The molecule has 0 heterocycles. The van der Waals surface area contributed by atoms with Gasteiger partial charge < -0.3 is 20.1 Å². The second-order valence-electron chi connectivity index (χ2n) is 19.0. The van der Waals surface area contributed by atoms with Crippen molar-refractivity contribution in [3.05, 3.63) is 58.7 Å². The number of amides is 2. The standard InChI is InChI=1S/C52H86N2O4/c1-8-12-16-20-24-30-42-32-28-36-47(45(42)34-26-22-18-14-10-3)57-49(55)53-41-52(7)39-44(38-51(5,6)40-52)54-50(56)58-48-37-29-33-43(31-25-21-17-13-9-2)46(48)35-27-23-19-15-11-4/h28-29,32-33,36-37,44H,8-27,30-31,34-35,38-41H2,1-7H3,(H,53,55)(H,54,56). The molecule has 1 fully saturated rings. The zero-order valence-corrected chi connectivity index (χ0v) is 38.5. The predicted octanol–water partition coefficient (Wildman–Crippen LogP) is 15.2. The third-order valence-electron chi connectivity index (χ3n) is 12.5. The molecule has 0 aromatic heterocycles. The Morgan fingerprint density at radius 3 is 1.41 bits per heavy atom. The van der Waals surface area contributed by atoms with E-state index in [1.54, 1.807) is 0 Å². The van der Waals surface area contributed by atoms with Crippen LogP contribution in [0.4, 0.5) is 9.59 Å². The number of aryl methyl sites for hydroxylation is 2. The average Bonchev–Trinajstić information content (AvgIpc) is 3.17. The minimum Gasteiger partial charge on any atom is -0.410 e. The molecule has 2 unspecified atom stereocenters. The third-order valence-corrected chi connectivity index (χ3v) is 12.5. The Kier molecular flexibility index (Phi) is 23.6. The van der Waals surface area contributed by atoms with Crippen molar-refractivity contribution in [2.45, 2.75) is 228 Å². The van der Waals surface area contributed by atoms with Crippen LogP contribution in [0.3, 0.4) is 0 Å². The highest BCUT2D eigenvalue weighted by Crippen LogP contribution is 2.46. The molecule has 2 N–H and O–H groups in total. The molecule has 58 heavy (non-hydrogen) atoms. The van der Waals surface area contributed by atoms with Gasteiger partial charge in [-0.1, -0.05) is 175 Å². The van der Waals surface area contributed by atoms with E-state index in [-0.39, 0.29) is 23.0 Å². The molecule has 1 aliphatic rings. The lowest BCUT2D eigenvalue weighted by Crippen LogP contribution is -2.51. The molecule has 2 amide bonds. The Bertz CT molecular complexity index is 1450. The molecule has 0 radical (unpaired) electrons. The van der Waals surface area contributed by atoms with Gasteiger partial charge in [0, 0.05) is 12.6 Å². The third kappa shape index (κ3) is 18.9. The molecule has 0 bridgehead atoms. The van der Waals surface area contributed by atoms with Crippen LogP contribution in [-0.4, -0.2) is 24.8 Å².